The van der Waals surface area contributed by atoms with Crippen LogP contribution in [0.3, 0.4) is 0 Å². The SMILES string of the molecule is CCC(O)(COC)C1(C#N)CCCCC1. The Hall–Kier alpha value is -0.590. The van der Waals surface area contributed by atoms with Crippen molar-refractivity contribution in [1.82, 2.24) is 0 Å². The van der Waals surface area contributed by atoms with E-state index in [1.54, 1.807) is 7.11 Å². The van der Waals surface area contributed by atoms with E-state index in [1.165, 1.54) is 6.42 Å². The van der Waals surface area contributed by atoms with Crippen LogP contribution >= 0.6 is 0 Å². The highest BCUT2D eigenvalue weighted by Gasteiger charge is 2.50. The molecule has 1 fully saturated rings. The Kier molecular flexibility index (Phi) is 4.12. The molecule has 0 bridgehead atoms. The molecule has 3 nitrogen and oxygen atoms in total. The van der Waals surface area contributed by atoms with Crippen LogP contribution in [0.5, 0.6) is 0 Å². The van der Waals surface area contributed by atoms with Crippen LogP contribution in [0.15, 0.2) is 0 Å². The molecule has 3 heteroatoms. The normalized spacial score (nSPS) is 24.1. The molecule has 1 aliphatic rings. The van der Waals surface area contributed by atoms with Crippen molar-refractivity contribution in [2.45, 2.75) is 51.0 Å². The van der Waals surface area contributed by atoms with Crippen molar-refractivity contribution in [3.8, 4) is 6.07 Å². The number of hydrogen-bond donors (Lipinski definition) is 1. The first kappa shape index (κ1) is 12.5. The van der Waals surface area contributed by atoms with Gasteiger partial charge in [-0.25, -0.2) is 0 Å². The van der Waals surface area contributed by atoms with Crippen LogP contribution in [0.4, 0.5) is 0 Å². The van der Waals surface area contributed by atoms with Crippen LogP contribution in [-0.2, 0) is 4.74 Å². The molecule has 1 atom stereocenters. The van der Waals surface area contributed by atoms with E-state index in [0.29, 0.717) is 6.42 Å². The number of hydrogen-bond acceptors (Lipinski definition) is 3. The van der Waals surface area contributed by atoms with Gasteiger partial charge in [0, 0.05) is 7.11 Å². The van der Waals surface area contributed by atoms with E-state index >= 15 is 0 Å². The molecule has 1 N–H and O–H groups in total. The lowest BCUT2D eigenvalue weighted by molar-refractivity contribution is -0.117. The number of aliphatic hydroxyl groups is 1. The van der Waals surface area contributed by atoms with Gasteiger partial charge in [0.15, 0.2) is 0 Å². The maximum absolute atomic E-state index is 10.5. The summed E-state index contributed by atoms with van der Waals surface area (Å²) in [4.78, 5) is 0. The smallest absolute Gasteiger partial charge is 0.106 e. The molecule has 0 spiro atoms. The third-order valence-electron chi connectivity index (χ3n) is 3.78. The predicted octanol–water partition coefficient (Wildman–Crippen LogP) is 2.25. The fourth-order valence-corrected chi connectivity index (χ4v) is 2.65. The summed E-state index contributed by atoms with van der Waals surface area (Å²) in [5, 5.41) is 19.9. The van der Waals surface area contributed by atoms with E-state index in [2.05, 4.69) is 6.07 Å². The molecule has 0 heterocycles. The first-order chi connectivity index (χ1) is 7.14. The largest absolute Gasteiger partial charge is 0.386 e. The minimum atomic E-state index is -0.975. The van der Waals surface area contributed by atoms with Crippen molar-refractivity contribution >= 4 is 0 Å². The number of methoxy groups -OCH3 is 1. The van der Waals surface area contributed by atoms with Gasteiger partial charge in [-0.05, 0) is 19.3 Å². The highest BCUT2D eigenvalue weighted by Crippen LogP contribution is 2.46. The van der Waals surface area contributed by atoms with Gasteiger partial charge in [0.2, 0.25) is 0 Å². The Bertz CT molecular complexity index is 240. The summed E-state index contributed by atoms with van der Waals surface area (Å²) in [6.07, 6.45) is 5.44. The molecule has 1 rings (SSSR count). The minimum Gasteiger partial charge on any atom is -0.386 e. The third kappa shape index (κ3) is 2.16. The van der Waals surface area contributed by atoms with Gasteiger partial charge in [0.25, 0.3) is 0 Å². The molecule has 1 saturated carbocycles. The number of ether oxygens (including phenoxy) is 1. The molecular weight excluding hydrogens is 190 g/mol. The molecule has 0 aromatic heterocycles. The van der Waals surface area contributed by atoms with Crippen LogP contribution in [0.2, 0.25) is 0 Å². The summed E-state index contributed by atoms with van der Waals surface area (Å²) in [5.74, 6) is 0. The topological polar surface area (TPSA) is 53.2 Å². The summed E-state index contributed by atoms with van der Waals surface area (Å²) in [6, 6.07) is 2.36. The molecule has 0 aliphatic heterocycles. The van der Waals surface area contributed by atoms with E-state index < -0.39 is 11.0 Å². The Labute approximate surface area is 92.0 Å². The minimum absolute atomic E-state index is 0.261. The second-order valence-electron chi connectivity index (χ2n) is 4.57. The van der Waals surface area contributed by atoms with Gasteiger partial charge in [0.1, 0.15) is 5.60 Å². The molecule has 15 heavy (non-hydrogen) atoms. The average molecular weight is 211 g/mol. The molecule has 1 unspecified atom stereocenters. The van der Waals surface area contributed by atoms with Gasteiger partial charge in [-0.3, -0.25) is 0 Å². The molecule has 0 aromatic rings. The van der Waals surface area contributed by atoms with Crippen molar-refractivity contribution in [1.29, 1.82) is 5.26 Å². The summed E-state index contributed by atoms with van der Waals surface area (Å²) in [7, 11) is 1.58. The Morgan fingerprint density at radius 1 is 1.40 bits per heavy atom. The van der Waals surface area contributed by atoms with Gasteiger partial charge in [-0.2, -0.15) is 5.26 Å². The fourth-order valence-electron chi connectivity index (χ4n) is 2.65. The maximum atomic E-state index is 10.5. The van der Waals surface area contributed by atoms with Gasteiger partial charge in [-0.15, -0.1) is 0 Å². The maximum Gasteiger partial charge on any atom is 0.106 e. The van der Waals surface area contributed by atoms with E-state index in [-0.39, 0.29) is 6.61 Å². The molecule has 0 amide bonds. The Morgan fingerprint density at radius 3 is 2.40 bits per heavy atom. The van der Waals surface area contributed by atoms with Crippen molar-refractivity contribution < 1.29 is 9.84 Å². The first-order valence-corrected chi connectivity index (χ1v) is 5.77. The lowest BCUT2D eigenvalue weighted by Gasteiger charge is -2.44. The zero-order valence-electron chi connectivity index (χ0n) is 9.75. The summed E-state index contributed by atoms with van der Waals surface area (Å²) in [5.41, 5.74) is -1.56. The van der Waals surface area contributed by atoms with Crippen molar-refractivity contribution in [2.24, 2.45) is 5.41 Å². The van der Waals surface area contributed by atoms with E-state index in [0.717, 1.165) is 25.7 Å². The number of nitriles is 1. The zero-order chi connectivity index (χ0) is 11.4. The van der Waals surface area contributed by atoms with Gasteiger partial charge in [0.05, 0.1) is 18.1 Å². The second kappa shape index (κ2) is 4.96. The van der Waals surface area contributed by atoms with Crippen LogP contribution in [0.1, 0.15) is 45.4 Å². The Morgan fingerprint density at radius 2 is 2.00 bits per heavy atom. The lowest BCUT2D eigenvalue weighted by Crippen LogP contribution is -2.51. The lowest BCUT2D eigenvalue weighted by atomic mass is 9.63. The highest BCUT2D eigenvalue weighted by molar-refractivity contribution is 5.12. The molecule has 0 radical (unpaired) electrons. The first-order valence-electron chi connectivity index (χ1n) is 5.77. The Balaban J connectivity index is 2.91. The van der Waals surface area contributed by atoms with Crippen molar-refractivity contribution in [3.63, 3.8) is 0 Å². The van der Waals surface area contributed by atoms with Crippen LogP contribution < -0.4 is 0 Å². The summed E-state index contributed by atoms with van der Waals surface area (Å²) < 4.78 is 5.08. The standard InChI is InChI=1S/C12H21NO2/c1-3-12(14,10-15-2)11(9-13)7-5-4-6-8-11/h14H,3-8,10H2,1-2H3. The molecule has 86 valence electrons. The van der Waals surface area contributed by atoms with Gasteiger partial charge >= 0.3 is 0 Å². The van der Waals surface area contributed by atoms with Crippen LogP contribution in [0.25, 0.3) is 0 Å². The molecular formula is C12H21NO2. The predicted molar refractivity (Wildman–Crippen MR) is 58.2 cm³/mol. The van der Waals surface area contributed by atoms with Crippen LogP contribution in [-0.4, -0.2) is 24.4 Å². The summed E-state index contributed by atoms with van der Waals surface area (Å²) >= 11 is 0. The average Bonchev–Trinajstić information content (AvgIpc) is 2.30. The van der Waals surface area contributed by atoms with Crippen molar-refractivity contribution in [3.05, 3.63) is 0 Å². The van der Waals surface area contributed by atoms with E-state index in [9.17, 15) is 10.4 Å². The van der Waals surface area contributed by atoms with Crippen molar-refractivity contribution in [2.75, 3.05) is 13.7 Å². The van der Waals surface area contributed by atoms with Gasteiger partial charge in [-0.1, -0.05) is 26.2 Å². The van der Waals surface area contributed by atoms with Crippen LogP contribution in [0, 0.1) is 16.7 Å². The highest BCUT2D eigenvalue weighted by atomic mass is 16.5. The molecule has 0 saturated heterocycles. The third-order valence-corrected chi connectivity index (χ3v) is 3.78. The molecule has 0 aromatic carbocycles. The monoisotopic (exact) mass is 211 g/mol. The summed E-state index contributed by atoms with van der Waals surface area (Å²) in [6.45, 7) is 2.18. The molecule has 1 aliphatic carbocycles. The number of rotatable bonds is 4. The quantitative estimate of drug-likeness (QED) is 0.776. The number of nitrogens with zero attached hydrogens (tertiary/aromatic N) is 1. The zero-order valence-corrected chi connectivity index (χ0v) is 9.75. The van der Waals surface area contributed by atoms with E-state index in [1.807, 2.05) is 6.92 Å². The fraction of sp³-hybridized carbons (Fsp3) is 0.917. The second-order valence-corrected chi connectivity index (χ2v) is 4.57. The van der Waals surface area contributed by atoms with E-state index in [4.69, 9.17) is 4.74 Å². The van der Waals surface area contributed by atoms with Gasteiger partial charge < -0.3 is 9.84 Å².